The fraction of sp³-hybridized carbons (Fsp3) is 0.316. The first-order valence-corrected chi connectivity index (χ1v) is 8.67. The second-order valence-corrected chi connectivity index (χ2v) is 6.61. The predicted molar refractivity (Wildman–Crippen MR) is 95.1 cm³/mol. The Morgan fingerprint density at radius 3 is 2.62 bits per heavy atom. The van der Waals surface area contributed by atoms with E-state index in [1.165, 1.54) is 11.6 Å². The van der Waals surface area contributed by atoms with Gasteiger partial charge < -0.3 is 10.2 Å². The maximum absolute atomic E-state index is 12.8. The van der Waals surface area contributed by atoms with Gasteiger partial charge in [0, 0.05) is 26.1 Å². The highest BCUT2D eigenvalue weighted by Gasteiger charge is 2.31. The lowest BCUT2D eigenvalue weighted by Gasteiger charge is -2.29. The summed E-state index contributed by atoms with van der Waals surface area (Å²) < 4.78 is 38.3. The number of anilines is 1. The van der Waals surface area contributed by atoms with Crippen LogP contribution in [0.3, 0.4) is 0 Å². The van der Waals surface area contributed by atoms with Crippen molar-refractivity contribution >= 4 is 23.2 Å². The van der Waals surface area contributed by atoms with E-state index in [0.717, 1.165) is 24.1 Å². The van der Waals surface area contributed by atoms with E-state index in [0.29, 0.717) is 13.1 Å². The van der Waals surface area contributed by atoms with Gasteiger partial charge in [-0.2, -0.15) is 13.2 Å². The molecular weight excluding hydrogens is 365 g/mol. The minimum absolute atomic E-state index is 0.0323. The van der Waals surface area contributed by atoms with Crippen LogP contribution in [0.2, 0.25) is 5.02 Å². The summed E-state index contributed by atoms with van der Waals surface area (Å²) in [4.78, 5) is 14.2. The molecule has 0 aromatic heterocycles. The maximum Gasteiger partial charge on any atom is 0.416 e. The second-order valence-electron chi connectivity index (χ2n) is 6.20. The number of hydrogen-bond donors (Lipinski definition) is 1. The van der Waals surface area contributed by atoms with E-state index < -0.39 is 11.7 Å². The lowest BCUT2D eigenvalue weighted by molar-refractivity contribution is -0.137. The molecule has 138 valence electrons. The van der Waals surface area contributed by atoms with Gasteiger partial charge >= 0.3 is 6.18 Å². The number of benzene rings is 2. The Balaban J connectivity index is 1.56. The molecule has 0 atom stereocenters. The van der Waals surface area contributed by atoms with E-state index >= 15 is 0 Å². The lowest BCUT2D eigenvalue weighted by atomic mass is 10.00. The molecule has 3 rings (SSSR count). The third kappa shape index (κ3) is 4.30. The van der Waals surface area contributed by atoms with Gasteiger partial charge in [0.2, 0.25) is 5.91 Å². The summed E-state index contributed by atoms with van der Waals surface area (Å²) in [7, 11) is 0. The fourth-order valence-electron chi connectivity index (χ4n) is 3.01. The first-order valence-electron chi connectivity index (χ1n) is 8.30. The number of nitrogens with zero attached hydrogens (tertiary/aromatic N) is 1. The summed E-state index contributed by atoms with van der Waals surface area (Å²) in [6, 6.07) is 11.1. The minimum Gasteiger partial charge on any atom is -0.383 e. The quantitative estimate of drug-likeness (QED) is 0.828. The van der Waals surface area contributed by atoms with E-state index in [-0.39, 0.29) is 29.6 Å². The lowest BCUT2D eigenvalue weighted by Crippen LogP contribution is -2.36. The van der Waals surface area contributed by atoms with Crippen LogP contribution in [0.1, 0.15) is 23.1 Å². The highest BCUT2D eigenvalue weighted by atomic mass is 35.5. The molecule has 2 aromatic rings. The molecule has 1 aliphatic rings. The Morgan fingerprint density at radius 2 is 1.88 bits per heavy atom. The fourth-order valence-corrected chi connectivity index (χ4v) is 3.19. The predicted octanol–water partition coefficient (Wildman–Crippen LogP) is 4.75. The molecular formula is C19H18ClF3N2O. The average Bonchev–Trinajstić information content (AvgIpc) is 2.61. The van der Waals surface area contributed by atoms with Gasteiger partial charge in [0.1, 0.15) is 0 Å². The van der Waals surface area contributed by atoms with Crippen molar-refractivity contribution in [2.45, 2.75) is 25.6 Å². The smallest absolute Gasteiger partial charge is 0.383 e. The van der Waals surface area contributed by atoms with Crippen molar-refractivity contribution in [1.29, 1.82) is 0 Å². The standard InChI is InChI=1S/C19H18ClF3N2O/c20-16-6-5-15(19(21,22)23)11-17(16)24-9-7-18(26)25-10-8-13-3-1-2-4-14(13)12-25/h1-6,11,24H,7-10,12H2. The zero-order valence-electron chi connectivity index (χ0n) is 13.9. The maximum atomic E-state index is 12.8. The first-order chi connectivity index (χ1) is 12.3. The molecule has 1 heterocycles. The van der Waals surface area contributed by atoms with Gasteiger partial charge in [-0.25, -0.2) is 0 Å². The number of hydrogen-bond acceptors (Lipinski definition) is 2. The third-order valence-electron chi connectivity index (χ3n) is 4.43. The molecule has 0 saturated heterocycles. The average molecular weight is 383 g/mol. The van der Waals surface area contributed by atoms with Crippen LogP contribution in [-0.4, -0.2) is 23.9 Å². The number of amides is 1. The zero-order chi connectivity index (χ0) is 18.7. The van der Waals surface area contributed by atoms with E-state index in [4.69, 9.17) is 11.6 Å². The number of alkyl halides is 3. The summed E-state index contributed by atoms with van der Waals surface area (Å²) in [6.45, 7) is 1.44. The van der Waals surface area contributed by atoms with Crippen LogP contribution >= 0.6 is 11.6 Å². The van der Waals surface area contributed by atoms with Crippen molar-refractivity contribution in [2.24, 2.45) is 0 Å². The Labute approximate surface area is 154 Å². The third-order valence-corrected chi connectivity index (χ3v) is 4.76. The first kappa shape index (κ1) is 18.6. The van der Waals surface area contributed by atoms with Crippen molar-refractivity contribution in [3.8, 4) is 0 Å². The molecule has 1 N–H and O–H groups in total. The van der Waals surface area contributed by atoms with Crippen LogP contribution in [-0.2, 0) is 23.9 Å². The topological polar surface area (TPSA) is 32.3 Å². The van der Waals surface area contributed by atoms with Gasteiger partial charge in [-0.3, -0.25) is 4.79 Å². The normalized spacial score (nSPS) is 14.1. The number of carbonyl (C=O) groups excluding carboxylic acids is 1. The molecule has 0 radical (unpaired) electrons. The van der Waals surface area contributed by atoms with Gasteiger partial charge in [-0.05, 0) is 35.7 Å². The van der Waals surface area contributed by atoms with E-state index in [1.54, 1.807) is 4.90 Å². The van der Waals surface area contributed by atoms with Crippen molar-refractivity contribution in [1.82, 2.24) is 4.90 Å². The summed E-state index contributed by atoms with van der Waals surface area (Å²) >= 11 is 5.94. The molecule has 0 aliphatic carbocycles. The van der Waals surface area contributed by atoms with Gasteiger partial charge in [-0.15, -0.1) is 0 Å². The van der Waals surface area contributed by atoms with Crippen molar-refractivity contribution in [3.63, 3.8) is 0 Å². The molecule has 2 aromatic carbocycles. The zero-order valence-corrected chi connectivity index (χ0v) is 14.7. The molecule has 1 aliphatic heterocycles. The minimum atomic E-state index is -4.43. The summed E-state index contributed by atoms with van der Waals surface area (Å²) in [5.41, 5.74) is 1.80. The Morgan fingerprint density at radius 1 is 1.15 bits per heavy atom. The van der Waals surface area contributed by atoms with Gasteiger partial charge in [0.25, 0.3) is 0 Å². The summed E-state index contributed by atoms with van der Waals surface area (Å²) in [5, 5.41) is 3.03. The summed E-state index contributed by atoms with van der Waals surface area (Å²) in [5.74, 6) is -0.0323. The molecule has 0 unspecified atom stereocenters. The number of nitrogens with one attached hydrogen (secondary N) is 1. The van der Waals surface area contributed by atoms with E-state index in [1.807, 2.05) is 18.2 Å². The number of rotatable bonds is 4. The molecule has 26 heavy (non-hydrogen) atoms. The van der Waals surface area contributed by atoms with Crippen LogP contribution in [0.4, 0.5) is 18.9 Å². The molecule has 0 bridgehead atoms. The van der Waals surface area contributed by atoms with Crippen LogP contribution in [0.15, 0.2) is 42.5 Å². The SMILES string of the molecule is O=C(CCNc1cc(C(F)(F)F)ccc1Cl)N1CCc2ccccc2C1. The van der Waals surface area contributed by atoms with Crippen LogP contribution in [0, 0.1) is 0 Å². The van der Waals surface area contributed by atoms with Crippen LogP contribution in [0.25, 0.3) is 0 Å². The molecule has 0 fully saturated rings. The van der Waals surface area contributed by atoms with Crippen LogP contribution < -0.4 is 5.32 Å². The Hall–Kier alpha value is -2.21. The van der Waals surface area contributed by atoms with Gasteiger partial charge in [-0.1, -0.05) is 35.9 Å². The van der Waals surface area contributed by atoms with E-state index in [9.17, 15) is 18.0 Å². The second kappa shape index (κ2) is 7.58. The largest absolute Gasteiger partial charge is 0.416 e. The highest BCUT2D eigenvalue weighted by Crippen LogP contribution is 2.33. The molecule has 0 spiro atoms. The van der Waals surface area contributed by atoms with E-state index in [2.05, 4.69) is 11.4 Å². The van der Waals surface area contributed by atoms with Crippen LogP contribution in [0.5, 0.6) is 0 Å². The number of fused-ring (bicyclic) bond motifs is 1. The van der Waals surface area contributed by atoms with Gasteiger partial charge in [0.05, 0.1) is 16.3 Å². The van der Waals surface area contributed by atoms with Crippen molar-refractivity contribution < 1.29 is 18.0 Å². The molecule has 3 nitrogen and oxygen atoms in total. The number of carbonyl (C=O) groups is 1. The Kier molecular flexibility index (Phi) is 5.41. The molecule has 1 amide bonds. The van der Waals surface area contributed by atoms with Crippen molar-refractivity contribution in [3.05, 3.63) is 64.2 Å². The Bertz CT molecular complexity index is 808. The van der Waals surface area contributed by atoms with Gasteiger partial charge in [0.15, 0.2) is 0 Å². The molecule has 7 heteroatoms. The summed E-state index contributed by atoms with van der Waals surface area (Å²) in [6.07, 6.45) is -3.43. The van der Waals surface area contributed by atoms with Crippen molar-refractivity contribution in [2.75, 3.05) is 18.4 Å². The monoisotopic (exact) mass is 382 g/mol. The number of halogens is 4. The molecule has 0 saturated carbocycles. The highest BCUT2D eigenvalue weighted by molar-refractivity contribution is 6.33.